The number of likely N-dealkylation sites (tertiary alicyclic amines) is 2. The third-order valence-corrected chi connectivity index (χ3v) is 9.83. The van der Waals surface area contributed by atoms with Crippen molar-refractivity contribution in [3.05, 3.63) is 0 Å². The van der Waals surface area contributed by atoms with E-state index in [1.807, 2.05) is 0 Å². The molecule has 33 heavy (non-hydrogen) atoms. The summed E-state index contributed by atoms with van der Waals surface area (Å²) < 4.78 is 13.3. The summed E-state index contributed by atoms with van der Waals surface area (Å²) >= 11 is 2.11. The zero-order valence-corrected chi connectivity index (χ0v) is 21.2. The number of ether oxygens (including phenoxy) is 2. The number of morpholine rings is 1. The van der Waals surface area contributed by atoms with Crippen LogP contribution in [0.5, 0.6) is 0 Å². The van der Waals surface area contributed by atoms with Crippen LogP contribution in [0, 0.1) is 0 Å². The van der Waals surface area contributed by atoms with Crippen molar-refractivity contribution in [1.29, 1.82) is 0 Å². The van der Waals surface area contributed by atoms with E-state index in [1.165, 1.54) is 56.7 Å². The summed E-state index contributed by atoms with van der Waals surface area (Å²) in [6.45, 7) is 15.0. The Morgan fingerprint density at radius 2 is 1.24 bits per heavy atom. The van der Waals surface area contributed by atoms with Crippen molar-refractivity contribution in [3.63, 3.8) is 0 Å². The lowest BCUT2D eigenvalue weighted by molar-refractivity contribution is -0.492. The fourth-order valence-corrected chi connectivity index (χ4v) is 8.35. The summed E-state index contributed by atoms with van der Waals surface area (Å²) in [6.07, 6.45) is 6.70. The second kappa shape index (κ2) is 10.2. The number of hydrogen-bond donors (Lipinski definition) is 1. The smallest absolute Gasteiger partial charge is 0.218 e. The van der Waals surface area contributed by atoms with Gasteiger partial charge in [-0.25, -0.2) is 0 Å². The molecular formula is C24H44N6O2S. The van der Waals surface area contributed by atoms with Gasteiger partial charge in [-0.05, 0) is 25.7 Å². The monoisotopic (exact) mass is 480 g/mol. The first-order valence-electron chi connectivity index (χ1n) is 13.7. The van der Waals surface area contributed by atoms with E-state index >= 15 is 0 Å². The Morgan fingerprint density at radius 1 is 0.636 bits per heavy atom. The van der Waals surface area contributed by atoms with Crippen LogP contribution in [0.1, 0.15) is 32.1 Å². The lowest BCUT2D eigenvalue weighted by atomic mass is 9.83. The van der Waals surface area contributed by atoms with E-state index < -0.39 is 0 Å². The number of piperidine rings is 1. The van der Waals surface area contributed by atoms with Gasteiger partial charge in [0.25, 0.3) is 0 Å². The minimum Gasteiger partial charge on any atom is -0.379 e. The van der Waals surface area contributed by atoms with Gasteiger partial charge in [-0.15, -0.1) is 0 Å². The van der Waals surface area contributed by atoms with Crippen LogP contribution in [0.4, 0.5) is 0 Å². The van der Waals surface area contributed by atoms with Crippen LogP contribution in [0.25, 0.3) is 0 Å². The van der Waals surface area contributed by atoms with E-state index in [9.17, 15) is 0 Å². The summed E-state index contributed by atoms with van der Waals surface area (Å²) in [5.74, 6) is 2.09. The molecule has 0 aliphatic carbocycles. The molecule has 6 aliphatic heterocycles. The minimum atomic E-state index is -0.346. The van der Waals surface area contributed by atoms with E-state index in [1.54, 1.807) is 0 Å². The van der Waals surface area contributed by atoms with E-state index in [4.69, 9.17) is 9.47 Å². The van der Waals surface area contributed by atoms with Crippen molar-refractivity contribution < 1.29 is 9.47 Å². The Kier molecular flexibility index (Phi) is 7.23. The SMILES string of the molecule is C1CCN(C2OC(N3CCCC3)(N3CCSCC3)C2(N2CCNCC2)N2CCOCC2)CC1. The molecule has 8 nitrogen and oxygen atoms in total. The highest BCUT2D eigenvalue weighted by Crippen LogP contribution is 2.56. The molecule has 0 aromatic heterocycles. The molecule has 0 radical (unpaired) electrons. The molecule has 6 rings (SSSR count). The van der Waals surface area contributed by atoms with E-state index in [0.29, 0.717) is 0 Å². The summed E-state index contributed by atoms with van der Waals surface area (Å²) in [5.41, 5.74) is -0.136. The van der Waals surface area contributed by atoms with Crippen LogP contribution in [0.2, 0.25) is 0 Å². The number of nitrogens with one attached hydrogen (secondary N) is 1. The van der Waals surface area contributed by atoms with Gasteiger partial charge < -0.3 is 14.8 Å². The zero-order valence-electron chi connectivity index (χ0n) is 20.4. The first kappa shape index (κ1) is 23.4. The highest BCUT2D eigenvalue weighted by molar-refractivity contribution is 7.99. The summed E-state index contributed by atoms with van der Waals surface area (Å²) in [4.78, 5) is 13.9. The van der Waals surface area contributed by atoms with Crippen LogP contribution in [-0.2, 0) is 9.47 Å². The zero-order chi connectivity index (χ0) is 22.1. The highest BCUT2D eigenvalue weighted by atomic mass is 32.2. The summed E-state index contributed by atoms with van der Waals surface area (Å²) in [7, 11) is 0. The van der Waals surface area contributed by atoms with Crippen LogP contribution in [0.3, 0.4) is 0 Å². The molecule has 6 aliphatic rings. The Morgan fingerprint density at radius 3 is 1.94 bits per heavy atom. The van der Waals surface area contributed by atoms with E-state index in [-0.39, 0.29) is 17.7 Å². The first-order chi connectivity index (χ1) is 16.4. The van der Waals surface area contributed by atoms with Crippen LogP contribution in [0.15, 0.2) is 0 Å². The van der Waals surface area contributed by atoms with Gasteiger partial charge in [0.15, 0.2) is 11.9 Å². The standard InChI is InChI=1S/C24H44N6O2S/c1-2-8-26(9-3-1)22-23(27-12-6-25-7-13-27,28-14-18-31-19-15-28)24(32-22,29-10-4-5-11-29)30-16-20-33-21-17-30/h22,25H,1-21H2. The van der Waals surface area contributed by atoms with Gasteiger partial charge in [-0.2, -0.15) is 11.8 Å². The third kappa shape index (κ3) is 3.81. The molecule has 0 bridgehead atoms. The van der Waals surface area contributed by atoms with Crippen molar-refractivity contribution in [2.75, 3.05) is 103 Å². The van der Waals surface area contributed by atoms with Crippen molar-refractivity contribution in [1.82, 2.24) is 29.8 Å². The van der Waals surface area contributed by atoms with Gasteiger partial charge in [0.2, 0.25) is 5.85 Å². The number of hydrogen-bond acceptors (Lipinski definition) is 9. The van der Waals surface area contributed by atoms with Gasteiger partial charge >= 0.3 is 0 Å². The van der Waals surface area contributed by atoms with Crippen molar-refractivity contribution in [3.8, 4) is 0 Å². The fraction of sp³-hybridized carbons (Fsp3) is 1.00. The van der Waals surface area contributed by atoms with Crippen molar-refractivity contribution >= 4 is 11.8 Å². The molecule has 9 heteroatoms. The maximum atomic E-state index is 7.44. The topological polar surface area (TPSA) is 46.7 Å². The molecule has 6 fully saturated rings. The average Bonchev–Trinajstić information content (AvgIpc) is 3.42. The first-order valence-corrected chi connectivity index (χ1v) is 14.8. The molecule has 6 saturated heterocycles. The largest absolute Gasteiger partial charge is 0.379 e. The average molecular weight is 481 g/mol. The third-order valence-electron chi connectivity index (χ3n) is 8.89. The van der Waals surface area contributed by atoms with Gasteiger partial charge in [0, 0.05) is 90.0 Å². The molecule has 3 atom stereocenters. The molecule has 3 unspecified atom stereocenters. The van der Waals surface area contributed by atoms with E-state index in [0.717, 1.165) is 78.7 Å². The maximum absolute atomic E-state index is 7.44. The maximum Gasteiger partial charge on any atom is 0.218 e. The number of piperazine rings is 1. The van der Waals surface area contributed by atoms with Crippen LogP contribution < -0.4 is 5.32 Å². The fourth-order valence-electron chi connectivity index (χ4n) is 7.44. The highest BCUT2D eigenvalue weighted by Gasteiger charge is 2.78. The minimum absolute atomic E-state index is 0.136. The molecule has 0 aromatic rings. The van der Waals surface area contributed by atoms with Gasteiger partial charge in [0.1, 0.15) is 0 Å². The quantitative estimate of drug-likeness (QED) is 0.608. The number of rotatable bonds is 5. The molecule has 188 valence electrons. The lowest BCUT2D eigenvalue weighted by Gasteiger charge is -2.76. The molecule has 0 saturated carbocycles. The Balaban J connectivity index is 1.48. The number of thioether (sulfide) groups is 1. The van der Waals surface area contributed by atoms with E-state index in [2.05, 4.69) is 41.6 Å². The lowest BCUT2D eigenvalue weighted by Crippen LogP contribution is -2.97. The molecule has 0 spiro atoms. The van der Waals surface area contributed by atoms with Crippen molar-refractivity contribution in [2.24, 2.45) is 0 Å². The van der Waals surface area contributed by atoms with Gasteiger partial charge in [-0.3, -0.25) is 24.5 Å². The molecular weight excluding hydrogens is 436 g/mol. The Labute approximate surface area is 204 Å². The summed E-state index contributed by atoms with van der Waals surface area (Å²) in [5, 5.41) is 3.64. The second-order valence-corrected chi connectivity index (χ2v) is 11.8. The predicted octanol–water partition coefficient (Wildman–Crippen LogP) is 0.561. The molecule has 1 N–H and O–H groups in total. The Bertz CT molecular complexity index is 625. The predicted molar refractivity (Wildman–Crippen MR) is 132 cm³/mol. The number of nitrogens with zero attached hydrogens (tertiary/aromatic N) is 5. The second-order valence-electron chi connectivity index (χ2n) is 10.5. The molecule has 6 heterocycles. The van der Waals surface area contributed by atoms with Crippen molar-refractivity contribution in [2.45, 2.75) is 49.8 Å². The van der Waals surface area contributed by atoms with Gasteiger partial charge in [-0.1, -0.05) is 6.42 Å². The van der Waals surface area contributed by atoms with Crippen LogP contribution in [-0.4, -0.2) is 145 Å². The molecule has 0 amide bonds. The Hall–Kier alpha value is 0.0300. The normalized spacial score (nSPS) is 41.3. The van der Waals surface area contributed by atoms with Crippen LogP contribution >= 0.6 is 11.8 Å². The molecule has 0 aromatic carbocycles. The van der Waals surface area contributed by atoms with Gasteiger partial charge in [0.05, 0.1) is 13.2 Å². The summed E-state index contributed by atoms with van der Waals surface area (Å²) in [6, 6.07) is 0.